The van der Waals surface area contributed by atoms with Gasteiger partial charge in [0.25, 0.3) is 5.56 Å². The minimum atomic E-state index is -0.279. The van der Waals surface area contributed by atoms with E-state index in [2.05, 4.69) is 16.0 Å². The number of aromatic amines is 1. The Morgan fingerprint density at radius 3 is 2.86 bits per heavy atom. The van der Waals surface area contributed by atoms with Gasteiger partial charge in [-0.3, -0.25) is 9.59 Å². The van der Waals surface area contributed by atoms with Gasteiger partial charge in [0, 0.05) is 17.6 Å². The molecule has 0 aliphatic heterocycles. The Bertz CT molecular complexity index is 1160. The van der Waals surface area contributed by atoms with Gasteiger partial charge < -0.3 is 9.88 Å². The number of aromatic nitrogens is 2. The third kappa shape index (κ3) is 4.27. The van der Waals surface area contributed by atoms with Crippen LogP contribution in [0.4, 0.5) is 0 Å². The lowest BCUT2D eigenvalue weighted by Crippen LogP contribution is -2.30. The Morgan fingerprint density at radius 2 is 2.11 bits per heavy atom. The number of rotatable bonds is 5. The Balaban J connectivity index is 1.83. The molecule has 0 radical (unpaired) electrons. The summed E-state index contributed by atoms with van der Waals surface area (Å²) in [7, 11) is 0. The smallest absolute Gasteiger partial charge is 0.258 e. The molecule has 140 valence electrons. The first-order valence-electron chi connectivity index (χ1n) is 8.66. The summed E-state index contributed by atoms with van der Waals surface area (Å²) < 4.78 is 0. The second-order valence-corrected chi connectivity index (χ2v) is 6.50. The number of nitrogens with one attached hydrogen (secondary N) is 1. The van der Waals surface area contributed by atoms with E-state index in [0.29, 0.717) is 39.4 Å². The molecule has 28 heavy (non-hydrogen) atoms. The molecule has 0 unspecified atom stereocenters. The first-order valence-corrected chi connectivity index (χ1v) is 9.04. The number of fused-ring (bicyclic) bond motifs is 1. The second kappa shape index (κ2) is 8.51. The number of nitriles is 1. The first kappa shape index (κ1) is 19.3. The van der Waals surface area contributed by atoms with E-state index in [-0.39, 0.29) is 18.0 Å². The van der Waals surface area contributed by atoms with Crippen LogP contribution in [-0.2, 0) is 11.3 Å². The molecule has 1 aromatic heterocycles. The molecule has 0 atom stereocenters. The molecule has 0 saturated carbocycles. The molecule has 0 fully saturated rings. The number of halogens is 1. The van der Waals surface area contributed by atoms with Crippen molar-refractivity contribution in [2.75, 3.05) is 6.54 Å². The Labute approximate surface area is 166 Å². The fourth-order valence-corrected chi connectivity index (χ4v) is 2.94. The van der Waals surface area contributed by atoms with E-state index in [1.165, 1.54) is 6.08 Å². The predicted molar refractivity (Wildman–Crippen MR) is 109 cm³/mol. The maximum absolute atomic E-state index is 12.6. The maximum Gasteiger partial charge on any atom is 0.258 e. The van der Waals surface area contributed by atoms with Crippen molar-refractivity contribution in [1.29, 1.82) is 5.26 Å². The van der Waals surface area contributed by atoms with Crippen molar-refractivity contribution in [3.63, 3.8) is 0 Å². The molecule has 0 saturated heterocycles. The summed E-state index contributed by atoms with van der Waals surface area (Å²) >= 11 is 5.98. The van der Waals surface area contributed by atoms with Gasteiger partial charge in [-0.1, -0.05) is 29.8 Å². The summed E-state index contributed by atoms with van der Waals surface area (Å²) in [4.78, 5) is 33.5. The van der Waals surface area contributed by atoms with Crippen LogP contribution in [0.2, 0.25) is 5.02 Å². The van der Waals surface area contributed by atoms with Gasteiger partial charge in [0.15, 0.2) is 0 Å². The molecule has 6 nitrogen and oxygen atoms in total. The van der Waals surface area contributed by atoms with E-state index < -0.39 is 0 Å². The molecule has 3 rings (SSSR count). The van der Waals surface area contributed by atoms with Crippen LogP contribution in [0.15, 0.2) is 53.3 Å². The maximum atomic E-state index is 12.6. The van der Waals surface area contributed by atoms with Gasteiger partial charge in [-0.25, -0.2) is 4.98 Å². The van der Waals surface area contributed by atoms with Gasteiger partial charge in [-0.2, -0.15) is 5.26 Å². The molecule has 7 heteroatoms. The van der Waals surface area contributed by atoms with E-state index in [4.69, 9.17) is 16.9 Å². The third-order valence-corrected chi connectivity index (χ3v) is 4.47. The lowest BCUT2D eigenvalue weighted by molar-refractivity contribution is -0.126. The lowest BCUT2D eigenvalue weighted by atomic mass is 10.1. The Morgan fingerprint density at radius 1 is 1.32 bits per heavy atom. The van der Waals surface area contributed by atoms with Crippen molar-refractivity contribution >= 4 is 34.5 Å². The van der Waals surface area contributed by atoms with Crippen LogP contribution in [0.25, 0.3) is 17.0 Å². The molecule has 3 aromatic rings. The van der Waals surface area contributed by atoms with Crippen LogP contribution < -0.4 is 5.56 Å². The predicted octanol–water partition coefficient (Wildman–Crippen LogP) is 3.51. The van der Waals surface area contributed by atoms with Crippen molar-refractivity contribution in [2.45, 2.75) is 13.5 Å². The van der Waals surface area contributed by atoms with Crippen LogP contribution in [0.5, 0.6) is 0 Å². The lowest BCUT2D eigenvalue weighted by Gasteiger charge is -2.18. The van der Waals surface area contributed by atoms with Crippen LogP contribution in [0.1, 0.15) is 23.9 Å². The normalized spacial score (nSPS) is 10.9. The van der Waals surface area contributed by atoms with E-state index in [1.807, 2.05) is 6.92 Å². The van der Waals surface area contributed by atoms with Crippen molar-refractivity contribution in [2.24, 2.45) is 0 Å². The molecular formula is C21H17ClN4O2. The zero-order valence-corrected chi connectivity index (χ0v) is 15.9. The number of amides is 1. The number of benzene rings is 2. The van der Waals surface area contributed by atoms with Gasteiger partial charge in [0.2, 0.25) is 5.91 Å². The molecule has 1 heterocycles. The molecule has 0 bridgehead atoms. The van der Waals surface area contributed by atoms with E-state index in [1.54, 1.807) is 53.4 Å². The summed E-state index contributed by atoms with van der Waals surface area (Å²) in [5.74, 6) is 0.130. The molecule has 1 amide bonds. The number of carbonyl (C=O) groups excluding carboxylic acids is 1. The highest BCUT2D eigenvalue weighted by Gasteiger charge is 2.12. The first-order chi connectivity index (χ1) is 13.5. The number of hydrogen-bond donors (Lipinski definition) is 1. The Hall–Kier alpha value is -3.43. The molecule has 0 spiro atoms. The molecular weight excluding hydrogens is 376 g/mol. The number of hydrogen-bond acceptors (Lipinski definition) is 4. The number of carbonyl (C=O) groups is 1. The van der Waals surface area contributed by atoms with Crippen LogP contribution in [-0.4, -0.2) is 27.3 Å². The van der Waals surface area contributed by atoms with Gasteiger partial charge >= 0.3 is 0 Å². The Kier molecular flexibility index (Phi) is 5.87. The third-order valence-electron chi connectivity index (χ3n) is 4.24. The summed E-state index contributed by atoms with van der Waals surface area (Å²) in [6.45, 7) is 2.42. The highest BCUT2D eigenvalue weighted by molar-refractivity contribution is 6.31. The van der Waals surface area contributed by atoms with Gasteiger partial charge in [-0.05, 0) is 42.8 Å². The zero-order chi connectivity index (χ0) is 20.1. The van der Waals surface area contributed by atoms with Crippen molar-refractivity contribution in [1.82, 2.24) is 14.9 Å². The van der Waals surface area contributed by atoms with Crippen molar-refractivity contribution < 1.29 is 4.79 Å². The minimum Gasteiger partial charge on any atom is -0.332 e. The van der Waals surface area contributed by atoms with E-state index in [9.17, 15) is 9.59 Å². The summed E-state index contributed by atoms with van der Waals surface area (Å²) in [6, 6.07) is 14.0. The fraction of sp³-hybridized carbons (Fsp3) is 0.143. The quantitative estimate of drug-likeness (QED) is 0.673. The number of H-pyrrole nitrogens is 1. The number of likely N-dealkylation sites (N-methyl/N-ethyl adjacent to an activating group) is 1. The highest BCUT2D eigenvalue weighted by atomic mass is 35.5. The largest absolute Gasteiger partial charge is 0.332 e. The minimum absolute atomic E-state index is 0.150. The SMILES string of the molecule is CCN(Cc1nc2cc(Cl)ccc2c(=O)[nH]1)C(=O)C=Cc1ccccc1C#N. The average Bonchev–Trinajstić information content (AvgIpc) is 2.70. The topological polar surface area (TPSA) is 89.8 Å². The monoisotopic (exact) mass is 392 g/mol. The van der Waals surface area contributed by atoms with Crippen LogP contribution in [0.3, 0.4) is 0 Å². The summed E-state index contributed by atoms with van der Waals surface area (Å²) in [6.07, 6.45) is 3.02. The molecule has 2 aromatic carbocycles. The van der Waals surface area contributed by atoms with Gasteiger partial charge in [0.05, 0.1) is 29.1 Å². The zero-order valence-electron chi connectivity index (χ0n) is 15.1. The fourth-order valence-electron chi connectivity index (χ4n) is 2.77. The van der Waals surface area contributed by atoms with Gasteiger partial charge in [0.1, 0.15) is 5.82 Å². The van der Waals surface area contributed by atoms with Crippen molar-refractivity contribution in [3.8, 4) is 6.07 Å². The highest BCUT2D eigenvalue weighted by Crippen LogP contribution is 2.15. The van der Waals surface area contributed by atoms with Crippen molar-refractivity contribution in [3.05, 3.63) is 80.9 Å². The molecule has 1 N–H and O–H groups in total. The summed E-state index contributed by atoms with van der Waals surface area (Å²) in [5.41, 5.74) is 1.36. The van der Waals surface area contributed by atoms with Crippen LogP contribution >= 0.6 is 11.6 Å². The second-order valence-electron chi connectivity index (χ2n) is 6.06. The van der Waals surface area contributed by atoms with E-state index in [0.717, 1.165) is 0 Å². The summed E-state index contributed by atoms with van der Waals surface area (Å²) in [5, 5.41) is 10.1. The molecule has 0 aliphatic carbocycles. The molecule has 0 aliphatic rings. The number of nitrogens with zero attached hydrogens (tertiary/aromatic N) is 3. The van der Waals surface area contributed by atoms with E-state index >= 15 is 0 Å². The van der Waals surface area contributed by atoms with Gasteiger partial charge in [-0.15, -0.1) is 0 Å². The standard InChI is InChI=1S/C21H17ClN4O2/c1-2-26(20(27)10-7-14-5-3-4-6-15(14)12-23)13-19-24-18-11-16(22)8-9-17(18)21(28)25-19/h3-11H,2,13H2,1H3,(H,24,25,28). The van der Waals surface area contributed by atoms with Crippen LogP contribution in [0, 0.1) is 11.3 Å². The average molecular weight is 393 g/mol.